The minimum Gasteiger partial charge on any atom is -0.486 e. The van der Waals surface area contributed by atoms with Crippen LogP contribution >= 0.6 is 0 Å². The predicted molar refractivity (Wildman–Crippen MR) is 94.6 cm³/mol. The number of aromatic nitrogens is 1. The average molecular weight is 335 g/mol. The van der Waals surface area contributed by atoms with Crippen molar-refractivity contribution in [3.05, 3.63) is 54.4 Å². The number of rotatable bonds is 3. The fourth-order valence-corrected chi connectivity index (χ4v) is 3.84. The number of ether oxygens (including phenoxy) is 2. The lowest BCUT2D eigenvalue weighted by Crippen LogP contribution is -2.48. The van der Waals surface area contributed by atoms with Gasteiger partial charge in [0.25, 0.3) is 0 Å². The standard InChI is InChI=1S/C20H21N3O2/c21-12-16-4-6-17(7-5-16)23-10-2-8-20(15-23)11-19(14-24-20)25-18-3-1-9-22-13-18/h1,3-7,9,13,19H,2,8,10-11,14-15H2. The highest BCUT2D eigenvalue weighted by molar-refractivity contribution is 5.50. The number of hydrogen-bond donors (Lipinski definition) is 0. The molecule has 2 unspecified atom stereocenters. The first-order chi connectivity index (χ1) is 12.3. The summed E-state index contributed by atoms with van der Waals surface area (Å²) in [5, 5.41) is 8.95. The Kier molecular flexibility index (Phi) is 4.29. The Labute approximate surface area is 147 Å². The summed E-state index contributed by atoms with van der Waals surface area (Å²) in [7, 11) is 0. The Hall–Kier alpha value is -2.58. The lowest BCUT2D eigenvalue weighted by atomic mass is 9.89. The van der Waals surface area contributed by atoms with Crippen molar-refractivity contribution in [2.75, 3.05) is 24.6 Å². The summed E-state index contributed by atoms with van der Waals surface area (Å²) in [5.41, 5.74) is 1.70. The maximum atomic E-state index is 8.95. The largest absolute Gasteiger partial charge is 0.486 e. The maximum Gasteiger partial charge on any atom is 0.138 e. The zero-order valence-corrected chi connectivity index (χ0v) is 14.1. The monoisotopic (exact) mass is 335 g/mol. The molecule has 0 N–H and O–H groups in total. The van der Waals surface area contributed by atoms with Crippen LogP contribution in [0.3, 0.4) is 0 Å². The van der Waals surface area contributed by atoms with Crippen molar-refractivity contribution < 1.29 is 9.47 Å². The molecule has 2 fully saturated rings. The van der Waals surface area contributed by atoms with Crippen LogP contribution in [0.25, 0.3) is 0 Å². The minimum atomic E-state index is -0.140. The van der Waals surface area contributed by atoms with Gasteiger partial charge in [-0.05, 0) is 49.2 Å². The van der Waals surface area contributed by atoms with Gasteiger partial charge in [-0.3, -0.25) is 4.98 Å². The van der Waals surface area contributed by atoms with E-state index in [0.717, 1.165) is 43.8 Å². The summed E-state index contributed by atoms with van der Waals surface area (Å²) >= 11 is 0. The van der Waals surface area contributed by atoms with Crippen molar-refractivity contribution in [3.63, 3.8) is 0 Å². The molecule has 2 aliphatic rings. The van der Waals surface area contributed by atoms with E-state index in [1.807, 2.05) is 36.4 Å². The van der Waals surface area contributed by atoms with E-state index in [2.05, 4.69) is 16.0 Å². The van der Waals surface area contributed by atoms with Crippen LogP contribution in [0.5, 0.6) is 5.75 Å². The second-order valence-corrected chi connectivity index (χ2v) is 6.81. The molecule has 0 amide bonds. The molecule has 5 nitrogen and oxygen atoms in total. The van der Waals surface area contributed by atoms with E-state index in [0.29, 0.717) is 12.2 Å². The highest BCUT2D eigenvalue weighted by Gasteiger charge is 2.44. The molecule has 0 saturated carbocycles. The maximum absolute atomic E-state index is 8.95. The summed E-state index contributed by atoms with van der Waals surface area (Å²) < 4.78 is 12.3. The summed E-state index contributed by atoms with van der Waals surface area (Å²) in [6.07, 6.45) is 6.62. The van der Waals surface area contributed by atoms with Gasteiger partial charge in [0.05, 0.1) is 30.0 Å². The number of anilines is 1. The third-order valence-corrected chi connectivity index (χ3v) is 5.01. The van der Waals surface area contributed by atoms with Gasteiger partial charge in [0.1, 0.15) is 11.9 Å². The van der Waals surface area contributed by atoms with E-state index in [4.69, 9.17) is 14.7 Å². The van der Waals surface area contributed by atoms with Crippen LogP contribution in [-0.2, 0) is 4.74 Å². The van der Waals surface area contributed by atoms with Gasteiger partial charge in [-0.15, -0.1) is 0 Å². The van der Waals surface area contributed by atoms with E-state index in [9.17, 15) is 0 Å². The van der Waals surface area contributed by atoms with Crippen molar-refractivity contribution in [1.82, 2.24) is 4.98 Å². The summed E-state index contributed by atoms with van der Waals surface area (Å²) in [6, 6.07) is 13.8. The fraction of sp³-hybridized carbons (Fsp3) is 0.400. The van der Waals surface area contributed by atoms with Crippen LogP contribution in [0, 0.1) is 11.3 Å². The average Bonchev–Trinajstić information content (AvgIpc) is 3.04. The van der Waals surface area contributed by atoms with Gasteiger partial charge in [-0.2, -0.15) is 5.26 Å². The van der Waals surface area contributed by atoms with Crippen LogP contribution < -0.4 is 9.64 Å². The summed E-state index contributed by atoms with van der Waals surface area (Å²) in [5.74, 6) is 0.799. The molecule has 25 heavy (non-hydrogen) atoms. The molecule has 128 valence electrons. The van der Waals surface area contributed by atoms with Crippen LogP contribution in [0.4, 0.5) is 5.69 Å². The van der Waals surface area contributed by atoms with Crippen molar-refractivity contribution in [1.29, 1.82) is 5.26 Å². The Balaban J connectivity index is 1.43. The quantitative estimate of drug-likeness (QED) is 0.862. The van der Waals surface area contributed by atoms with Crippen molar-refractivity contribution in [3.8, 4) is 11.8 Å². The van der Waals surface area contributed by atoms with E-state index >= 15 is 0 Å². The fourth-order valence-electron chi connectivity index (χ4n) is 3.84. The number of hydrogen-bond acceptors (Lipinski definition) is 5. The number of nitriles is 1. The van der Waals surface area contributed by atoms with Gasteiger partial charge in [0.2, 0.25) is 0 Å². The van der Waals surface area contributed by atoms with Gasteiger partial charge in [0, 0.05) is 31.4 Å². The lowest BCUT2D eigenvalue weighted by molar-refractivity contribution is -0.00814. The van der Waals surface area contributed by atoms with Crippen LogP contribution in [0.1, 0.15) is 24.8 Å². The third-order valence-electron chi connectivity index (χ3n) is 5.01. The zero-order chi connectivity index (χ0) is 17.1. The third kappa shape index (κ3) is 3.45. The molecule has 3 heterocycles. The highest BCUT2D eigenvalue weighted by atomic mass is 16.6. The smallest absolute Gasteiger partial charge is 0.138 e. The highest BCUT2D eigenvalue weighted by Crippen LogP contribution is 2.37. The second kappa shape index (κ2) is 6.73. The van der Waals surface area contributed by atoms with Gasteiger partial charge in [-0.1, -0.05) is 0 Å². The zero-order valence-electron chi connectivity index (χ0n) is 14.1. The molecule has 2 saturated heterocycles. The van der Waals surface area contributed by atoms with Gasteiger partial charge in [0.15, 0.2) is 0 Å². The molecule has 5 heteroatoms. The number of nitrogens with zero attached hydrogens (tertiary/aromatic N) is 3. The molecule has 1 aromatic carbocycles. The SMILES string of the molecule is N#Cc1ccc(N2CCCC3(CC(Oc4cccnc4)CO3)C2)cc1. The molecular formula is C20H21N3O2. The summed E-state index contributed by atoms with van der Waals surface area (Å²) in [4.78, 5) is 6.46. The topological polar surface area (TPSA) is 58.4 Å². The Morgan fingerprint density at radius 3 is 2.92 bits per heavy atom. The first-order valence-corrected chi connectivity index (χ1v) is 8.72. The van der Waals surface area contributed by atoms with Crippen molar-refractivity contribution >= 4 is 5.69 Å². The molecule has 0 bridgehead atoms. The molecule has 4 rings (SSSR count). The van der Waals surface area contributed by atoms with E-state index < -0.39 is 0 Å². The Morgan fingerprint density at radius 2 is 2.16 bits per heavy atom. The molecule has 1 spiro atoms. The van der Waals surface area contributed by atoms with Crippen molar-refractivity contribution in [2.45, 2.75) is 31.0 Å². The Bertz CT molecular complexity index is 757. The van der Waals surface area contributed by atoms with Gasteiger partial charge >= 0.3 is 0 Å². The Morgan fingerprint density at radius 1 is 1.28 bits per heavy atom. The number of pyridine rings is 1. The first kappa shape index (κ1) is 15.9. The van der Waals surface area contributed by atoms with Crippen LogP contribution in [-0.4, -0.2) is 36.4 Å². The minimum absolute atomic E-state index is 0.0742. The molecule has 2 aromatic rings. The first-order valence-electron chi connectivity index (χ1n) is 8.72. The van der Waals surface area contributed by atoms with E-state index in [1.54, 1.807) is 12.4 Å². The second-order valence-electron chi connectivity index (χ2n) is 6.81. The molecule has 1 aromatic heterocycles. The van der Waals surface area contributed by atoms with Gasteiger partial charge < -0.3 is 14.4 Å². The molecule has 0 aliphatic carbocycles. The molecular weight excluding hydrogens is 314 g/mol. The van der Waals surface area contributed by atoms with Crippen LogP contribution in [0.15, 0.2) is 48.8 Å². The van der Waals surface area contributed by atoms with Crippen LogP contribution in [0.2, 0.25) is 0 Å². The van der Waals surface area contributed by atoms with E-state index in [-0.39, 0.29) is 11.7 Å². The molecule has 2 atom stereocenters. The summed E-state index contributed by atoms with van der Waals surface area (Å²) in [6.45, 7) is 2.51. The lowest BCUT2D eigenvalue weighted by Gasteiger charge is -2.40. The number of benzene rings is 1. The van der Waals surface area contributed by atoms with E-state index in [1.165, 1.54) is 0 Å². The molecule has 0 radical (unpaired) electrons. The van der Waals surface area contributed by atoms with Crippen molar-refractivity contribution in [2.24, 2.45) is 0 Å². The van der Waals surface area contributed by atoms with Gasteiger partial charge in [-0.25, -0.2) is 0 Å². The number of piperidine rings is 1. The normalized spacial score (nSPS) is 25.7. The predicted octanol–water partition coefficient (Wildman–Crippen LogP) is 3.16. The molecule has 2 aliphatic heterocycles.